The number of hydrogen-bond acceptors (Lipinski definition) is 5. The highest BCUT2D eigenvalue weighted by Crippen LogP contribution is 2.24. The monoisotopic (exact) mass is 438 g/mol. The van der Waals surface area contributed by atoms with Crippen molar-refractivity contribution in [2.75, 3.05) is 44.7 Å². The summed E-state index contributed by atoms with van der Waals surface area (Å²) in [4.78, 5) is 14.0. The van der Waals surface area contributed by atoms with E-state index in [2.05, 4.69) is 50.5 Å². The van der Waals surface area contributed by atoms with Gasteiger partial charge >= 0.3 is 0 Å². The molecular weight excluding hydrogens is 400 g/mol. The maximum absolute atomic E-state index is 5.76. The van der Waals surface area contributed by atoms with Gasteiger partial charge in [-0.25, -0.2) is 4.98 Å². The molecule has 2 aliphatic heterocycles. The number of rotatable bonds is 7. The zero-order chi connectivity index (χ0) is 22.2. The quantitative estimate of drug-likeness (QED) is 0.506. The van der Waals surface area contributed by atoms with E-state index >= 15 is 0 Å². The molecule has 0 spiro atoms. The lowest BCUT2D eigenvalue weighted by atomic mass is 9.99. The van der Waals surface area contributed by atoms with Gasteiger partial charge in [-0.2, -0.15) is 0 Å². The Kier molecular flexibility index (Phi) is 8.04. The van der Waals surface area contributed by atoms with Gasteiger partial charge < -0.3 is 20.0 Å². The van der Waals surface area contributed by atoms with E-state index in [9.17, 15) is 0 Å². The van der Waals surface area contributed by atoms with Crippen LogP contribution in [0.4, 0.5) is 5.82 Å². The van der Waals surface area contributed by atoms with Crippen molar-refractivity contribution in [3.63, 3.8) is 0 Å². The SMILES string of the molecule is CN=C(NCc1ccc(N2CCC(C)CC2)nc1)NCC(c1ccco1)N1CCCCC1. The molecule has 32 heavy (non-hydrogen) atoms. The summed E-state index contributed by atoms with van der Waals surface area (Å²) in [6, 6.07) is 8.58. The van der Waals surface area contributed by atoms with Crippen molar-refractivity contribution in [3.05, 3.63) is 48.0 Å². The molecular formula is C25H38N6O. The molecule has 4 heterocycles. The minimum Gasteiger partial charge on any atom is -0.468 e. The molecule has 2 fully saturated rings. The van der Waals surface area contributed by atoms with E-state index in [0.717, 1.165) is 61.7 Å². The third-order valence-corrected chi connectivity index (χ3v) is 6.77. The van der Waals surface area contributed by atoms with Gasteiger partial charge in [0.25, 0.3) is 0 Å². The summed E-state index contributed by atoms with van der Waals surface area (Å²) < 4.78 is 5.76. The summed E-state index contributed by atoms with van der Waals surface area (Å²) in [6.07, 6.45) is 10.1. The van der Waals surface area contributed by atoms with Gasteiger partial charge in [0.2, 0.25) is 0 Å². The predicted octanol–water partition coefficient (Wildman–Crippen LogP) is 3.80. The van der Waals surface area contributed by atoms with Crippen molar-refractivity contribution < 1.29 is 4.42 Å². The van der Waals surface area contributed by atoms with Crippen LogP contribution in [0.5, 0.6) is 0 Å². The molecule has 4 rings (SSSR count). The van der Waals surface area contributed by atoms with Crippen molar-refractivity contribution in [3.8, 4) is 0 Å². The van der Waals surface area contributed by atoms with Crippen LogP contribution in [0.2, 0.25) is 0 Å². The number of pyridine rings is 1. The molecule has 7 nitrogen and oxygen atoms in total. The first-order valence-corrected chi connectivity index (χ1v) is 12.1. The van der Waals surface area contributed by atoms with E-state index in [0.29, 0.717) is 6.54 Å². The second-order valence-electron chi connectivity index (χ2n) is 9.13. The van der Waals surface area contributed by atoms with Crippen LogP contribution in [-0.4, -0.2) is 55.6 Å². The van der Waals surface area contributed by atoms with Crippen LogP contribution < -0.4 is 15.5 Å². The molecule has 174 valence electrons. The van der Waals surface area contributed by atoms with Crippen molar-refractivity contribution in [1.82, 2.24) is 20.5 Å². The van der Waals surface area contributed by atoms with Gasteiger partial charge in [-0.1, -0.05) is 19.4 Å². The molecule has 2 aromatic heterocycles. The van der Waals surface area contributed by atoms with Gasteiger partial charge in [-0.05, 0) is 68.5 Å². The molecule has 0 aromatic carbocycles. The zero-order valence-electron chi connectivity index (χ0n) is 19.6. The molecule has 2 N–H and O–H groups in total. The minimum absolute atomic E-state index is 0.220. The Hall–Kier alpha value is -2.54. The summed E-state index contributed by atoms with van der Waals surface area (Å²) in [5.41, 5.74) is 1.15. The largest absolute Gasteiger partial charge is 0.468 e. The first-order chi connectivity index (χ1) is 15.7. The third kappa shape index (κ3) is 6.03. The molecule has 1 unspecified atom stereocenters. The molecule has 0 radical (unpaired) electrons. The van der Waals surface area contributed by atoms with Crippen LogP contribution in [0.1, 0.15) is 56.4 Å². The summed E-state index contributed by atoms with van der Waals surface area (Å²) in [5.74, 6) is 3.73. The van der Waals surface area contributed by atoms with Gasteiger partial charge in [0.15, 0.2) is 5.96 Å². The standard InChI is InChI=1S/C25H38N6O/c1-20-10-14-31(15-11-20)24-9-8-21(17-27-24)18-28-25(26-2)29-19-22(23-7-6-16-32-23)30-12-4-3-5-13-30/h6-9,16-17,20,22H,3-5,10-15,18-19H2,1-2H3,(H2,26,28,29). The number of nitrogens with zero attached hydrogens (tertiary/aromatic N) is 4. The smallest absolute Gasteiger partial charge is 0.191 e. The Balaban J connectivity index is 1.28. The van der Waals surface area contributed by atoms with E-state index in [4.69, 9.17) is 9.40 Å². The van der Waals surface area contributed by atoms with Gasteiger partial charge in [0, 0.05) is 39.4 Å². The number of likely N-dealkylation sites (tertiary alicyclic amines) is 1. The number of guanidine groups is 1. The number of aromatic nitrogens is 1. The summed E-state index contributed by atoms with van der Waals surface area (Å²) in [7, 11) is 1.82. The van der Waals surface area contributed by atoms with E-state index in [1.54, 1.807) is 6.26 Å². The van der Waals surface area contributed by atoms with Crippen LogP contribution in [0.15, 0.2) is 46.1 Å². The Morgan fingerprint density at radius 3 is 2.59 bits per heavy atom. The van der Waals surface area contributed by atoms with Crippen LogP contribution >= 0.6 is 0 Å². The number of hydrogen-bond donors (Lipinski definition) is 2. The highest BCUT2D eigenvalue weighted by Gasteiger charge is 2.24. The van der Waals surface area contributed by atoms with Crippen molar-refractivity contribution in [2.24, 2.45) is 10.9 Å². The maximum atomic E-state index is 5.76. The highest BCUT2D eigenvalue weighted by atomic mass is 16.3. The summed E-state index contributed by atoms with van der Waals surface area (Å²) >= 11 is 0. The number of anilines is 1. The first-order valence-electron chi connectivity index (χ1n) is 12.1. The van der Waals surface area contributed by atoms with Crippen LogP contribution in [-0.2, 0) is 6.54 Å². The fourth-order valence-electron chi connectivity index (χ4n) is 4.67. The lowest BCUT2D eigenvalue weighted by molar-refractivity contribution is 0.146. The maximum Gasteiger partial charge on any atom is 0.191 e. The molecule has 7 heteroatoms. The Labute approximate surface area is 192 Å². The van der Waals surface area contributed by atoms with Crippen molar-refractivity contribution in [1.29, 1.82) is 0 Å². The number of piperidine rings is 2. The summed E-state index contributed by atoms with van der Waals surface area (Å²) in [5, 5.41) is 6.93. The lowest BCUT2D eigenvalue weighted by Crippen LogP contribution is -2.44. The third-order valence-electron chi connectivity index (χ3n) is 6.77. The molecule has 0 aliphatic carbocycles. The molecule has 2 aliphatic rings. The van der Waals surface area contributed by atoms with Gasteiger partial charge in [0.05, 0.1) is 12.3 Å². The predicted molar refractivity (Wildman–Crippen MR) is 130 cm³/mol. The molecule has 2 saturated heterocycles. The van der Waals surface area contributed by atoms with Crippen LogP contribution in [0, 0.1) is 5.92 Å². The Morgan fingerprint density at radius 1 is 1.12 bits per heavy atom. The van der Waals surface area contributed by atoms with Gasteiger partial charge in [0.1, 0.15) is 11.6 Å². The number of aliphatic imine (C=N–C) groups is 1. The fourth-order valence-corrected chi connectivity index (χ4v) is 4.67. The Morgan fingerprint density at radius 2 is 1.94 bits per heavy atom. The topological polar surface area (TPSA) is 68.9 Å². The first kappa shape index (κ1) is 22.6. The molecule has 0 bridgehead atoms. The van der Waals surface area contributed by atoms with Crippen LogP contribution in [0.25, 0.3) is 0 Å². The Bertz CT molecular complexity index is 821. The van der Waals surface area contributed by atoms with Crippen molar-refractivity contribution in [2.45, 2.75) is 51.6 Å². The van der Waals surface area contributed by atoms with Gasteiger partial charge in [-0.3, -0.25) is 9.89 Å². The highest BCUT2D eigenvalue weighted by molar-refractivity contribution is 5.79. The normalized spacial score (nSPS) is 19.7. The van der Waals surface area contributed by atoms with Crippen LogP contribution in [0.3, 0.4) is 0 Å². The van der Waals surface area contributed by atoms with Gasteiger partial charge in [-0.15, -0.1) is 0 Å². The number of furan rings is 1. The van der Waals surface area contributed by atoms with Crippen molar-refractivity contribution >= 4 is 11.8 Å². The lowest BCUT2D eigenvalue weighted by Gasteiger charge is -2.33. The second kappa shape index (κ2) is 11.4. The minimum atomic E-state index is 0.220. The molecule has 0 amide bonds. The molecule has 0 saturated carbocycles. The van der Waals surface area contributed by atoms with E-state index in [1.807, 2.05) is 19.3 Å². The zero-order valence-corrected chi connectivity index (χ0v) is 19.6. The second-order valence-corrected chi connectivity index (χ2v) is 9.13. The van der Waals surface area contributed by atoms with E-state index in [1.165, 1.54) is 32.1 Å². The summed E-state index contributed by atoms with van der Waals surface area (Å²) in [6.45, 7) is 8.24. The van der Waals surface area contributed by atoms with E-state index in [-0.39, 0.29) is 6.04 Å². The number of nitrogens with one attached hydrogen (secondary N) is 2. The average molecular weight is 439 g/mol. The fraction of sp³-hybridized carbons (Fsp3) is 0.600. The average Bonchev–Trinajstić information content (AvgIpc) is 3.37. The molecule has 2 aromatic rings. The van der Waals surface area contributed by atoms with E-state index < -0.39 is 0 Å². The molecule has 1 atom stereocenters.